The Morgan fingerprint density at radius 3 is 2.56 bits per heavy atom. The van der Waals surface area contributed by atoms with E-state index in [0.29, 0.717) is 5.56 Å². The quantitative estimate of drug-likeness (QED) is 0.827. The summed E-state index contributed by atoms with van der Waals surface area (Å²) in [5.41, 5.74) is 0.174. The van der Waals surface area contributed by atoms with E-state index in [4.69, 9.17) is 16.9 Å². The smallest absolute Gasteiger partial charge is 0.155 e. The second kappa shape index (κ2) is 5.49. The van der Waals surface area contributed by atoms with Crippen molar-refractivity contribution in [2.24, 2.45) is 5.41 Å². The van der Waals surface area contributed by atoms with Crippen molar-refractivity contribution in [1.29, 1.82) is 5.26 Å². The molecule has 0 saturated heterocycles. The molecule has 1 unspecified atom stereocenters. The van der Waals surface area contributed by atoms with Crippen molar-refractivity contribution in [3.05, 3.63) is 34.6 Å². The highest BCUT2D eigenvalue weighted by Crippen LogP contribution is 2.30. The van der Waals surface area contributed by atoms with Crippen molar-refractivity contribution in [2.75, 3.05) is 0 Å². The van der Waals surface area contributed by atoms with Crippen LogP contribution in [0, 0.1) is 22.6 Å². The number of ketones is 1. The molecule has 0 aliphatic rings. The third-order valence-electron chi connectivity index (χ3n) is 2.43. The number of carbonyl (C=O) groups excluding carboxylic acids is 1. The van der Waals surface area contributed by atoms with Gasteiger partial charge in [-0.05, 0) is 23.1 Å². The van der Waals surface area contributed by atoms with Crippen LogP contribution in [-0.4, -0.2) is 5.78 Å². The molecule has 0 N–H and O–H groups in total. The highest BCUT2D eigenvalue weighted by Gasteiger charge is 2.26. The van der Waals surface area contributed by atoms with Crippen LogP contribution >= 0.6 is 11.6 Å². The maximum Gasteiger partial charge on any atom is 0.155 e. The molecule has 1 aromatic rings. The summed E-state index contributed by atoms with van der Waals surface area (Å²) in [4.78, 5) is 12.1. The summed E-state index contributed by atoms with van der Waals surface area (Å²) in [6.07, 6.45) is 0.277. The summed E-state index contributed by atoms with van der Waals surface area (Å²) in [5.74, 6) is -1.61. The van der Waals surface area contributed by atoms with Crippen molar-refractivity contribution in [2.45, 2.75) is 33.1 Å². The van der Waals surface area contributed by atoms with Gasteiger partial charge < -0.3 is 0 Å². The van der Waals surface area contributed by atoms with Crippen LogP contribution in [0.5, 0.6) is 0 Å². The summed E-state index contributed by atoms with van der Waals surface area (Å²) in [7, 11) is 0. The minimum Gasteiger partial charge on any atom is -0.298 e. The number of nitrogens with zero attached hydrogens (tertiary/aromatic N) is 1. The zero-order valence-corrected chi connectivity index (χ0v) is 11.4. The molecule has 18 heavy (non-hydrogen) atoms. The minimum atomic E-state index is -0.933. The third kappa shape index (κ3) is 3.82. The van der Waals surface area contributed by atoms with Gasteiger partial charge in [0, 0.05) is 11.4 Å². The fraction of sp³-hybridized carbons (Fsp3) is 0.429. The monoisotopic (exact) mass is 267 g/mol. The van der Waals surface area contributed by atoms with Crippen LogP contribution in [0.3, 0.4) is 0 Å². The van der Waals surface area contributed by atoms with E-state index in [9.17, 15) is 9.18 Å². The molecule has 0 radical (unpaired) electrons. The van der Waals surface area contributed by atoms with Crippen molar-refractivity contribution in [3.8, 4) is 6.07 Å². The van der Waals surface area contributed by atoms with E-state index in [-0.39, 0.29) is 22.6 Å². The minimum absolute atomic E-state index is 0.115. The van der Waals surface area contributed by atoms with Crippen LogP contribution in [0.2, 0.25) is 5.02 Å². The van der Waals surface area contributed by atoms with Crippen molar-refractivity contribution in [1.82, 2.24) is 0 Å². The molecule has 0 heterocycles. The molecule has 0 fully saturated rings. The van der Waals surface area contributed by atoms with Crippen molar-refractivity contribution < 1.29 is 9.18 Å². The summed E-state index contributed by atoms with van der Waals surface area (Å²) in [5, 5.41) is 9.23. The van der Waals surface area contributed by atoms with E-state index in [2.05, 4.69) is 0 Å². The predicted octanol–water partition coefficient (Wildman–Crippen LogP) is 4.09. The van der Waals surface area contributed by atoms with Gasteiger partial charge in [0.1, 0.15) is 11.7 Å². The molecule has 96 valence electrons. The number of Topliss-reactive ketones (excluding diaryl/α,β-unsaturated/α-hetero) is 1. The lowest BCUT2D eigenvalue weighted by Gasteiger charge is -2.19. The molecule has 1 atom stereocenters. The van der Waals surface area contributed by atoms with Gasteiger partial charge in [-0.3, -0.25) is 4.79 Å². The molecular weight excluding hydrogens is 253 g/mol. The Kier molecular flexibility index (Phi) is 4.48. The van der Waals surface area contributed by atoms with Gasteiger partial charge in [-0.1, -0.05) is 38.4 Å². The van der Waals surface area contributed by atoms with Gasteiger partial charge in [-0.2, -0.15) is 5.26 Å². The van der Waals surface area contributed by atoms with E-state index in [1.54, 1.807) is 0 Å². The molecular formula is C14H15ClFNO. The number of nitriles is 1. The molecule has 4 heteroatoms. The van der Waals surface area contributed by atoms with Crippen LogP contribution in [0.25, 0.3) is 0 Å². The van der Waals surface area contributed by atoms with Crippen molar-refractivity contribution in [3.63, 3.8) is 0 Å². The Morgan fingerprint density at radius 2 is 2.11 bits per heavy atom. The van der Waals surface area contributed by atoms with Gasteiger partial charge in [0.15, 0.2) is 5.78 Å². The topological polar surface area (TPSA) is 40.9 Å². The maximum absolute atomic E-state index is 12.9. The number of benzene rings is 1. The molecule has 0 aliphatic carbocycles. The summed E-state index contributed by atoms with van der Waals surface area (Å²) >= 11 is 5.88. The van der Waals surface area contributed by atoms with Crippen LogP contribution in [-0.2, 0) is 4.79 Å². The van der Waals surface area contributed by atoms with Crippen LogP contribution in [0.1, 0.15) is 38.7 Å². The maximum atomic E-state index is 12.9. The van der Waals surface area contributed by atoms with E-state index >= 15 is 0 Å². The Labute approximate surface area is 111 Å². The van der Waals surface area contributed by atoms with Crippen LogP contribution in [0.4, 0.5) is 4.39 Å². The molecule has 0 spiro atoms. The lowest BCUT2D eigenvalue weighted by Crippen LogP contribution is -2.19. The van der Waals surface area contributed by atoms with Crippen LogP contribution < -0.4 is 0 Å². The lowest BCUT2D eigenvalue weighted by atomic mass is 9.84. The fourth-order valence-electron chi connectivity index (χ4n) is 1.68. The Bertz CT molecular complexity index is 499. The van der Waals surface area contributed by atoms with Gasteiger partial charge in [0.2, 0.25) is 0 Å². The first-order chi connectivity index (χ1) is 8.24. The van der Waals surface area contributed by atoms with E-state index in [0.717, 1.165) is 6.07 Å². The first-order valence-electron chi connectivity index (χ1n) is 5.62. The number of halogens is 2. The Morgan fingerprint density at radius 1 is 1.50 bits per heavy atom. The third-order valence-corrected chi connectivity index (χ3v) is 2.76. The lowest BCUT2D eigenvalue weighted by molar-refractivity contribution is -0.121. The molecule has 2 nitrogen and oxygen atoms in total. The summed E-state index contributed by atoms with van der Waals surface area (Å²) in [6, 6.07) is 5.66. The van der Waals surface area contributed by atoms with Crippen LogP contribution in [0.15, 0.2) is 18.2 Å². The van der Waals surface area contributed by atoms with Gasteiger partial charge in [0.25, 0.3) is 0 Å². The number of carbonyl (C=O) groups is 1. The molecule has 1 aromatic carbocycles. The standard InChI is InChI=1S/C14H15ClFNO/c1-14(2,3)7-13(18)11(8-17)10-5-4-9(16)6-12(10)15/h4-6,11H,7H2,1-3H3. The molecule has 0 aromatic heterocycles. The van der Waals surface area contributed by atoms with Gasteiger partial charge in [-0.15, -0.1) is 0 Å². The summed E-state index contributed by atoms with van der Waals surface area (Å²) < 4.78 is 12.9. The number of rotatable bonds is 3. The first kappa shape index (κ1) is 14.7. The van der Waals surface area contributed by atoms with E-state index in [1.165, 1.54) is 12.1 Å². The van der Waals surface area contributed by atoms with E-state index < -0.39 is 11.7 Å². The average molecular weight is 268 g/mol. The van der Waals surface area contributed by atoms with Crippen molar-refractivity contribution >= 4 is 17.4 Å². The predicted molar refractivity (Wildman–Crippen MR) is 68.8 cm³/mol. The fourth-order valence-corrected chi connectivity index (χ4v) is 1.95. The molecule has 1 rings (SSSR count). The molecule has 0 saturated carbocycles. The normalized spacial score (nSPS) is 12.9. The second-order valence-corrected chi connectivity index (χ2v) is 5.84. The highest BCUT2D eigenvalue weighted by molar-refractivity contribution is 6.31. The van der Waals surface area contributed by atoms with Gasteiger partial charge in [0.05, 0.1) is 6.07 Å². The molecule has 0 amide bonds. The van der Waals surface area contributed by atoms with Gasteiger partial charge >= 0.3 is 0 Å². The molecule has 0 aliphatic heterocycles. The zero-order valence-electron chi connectivity index (χ0n) is 10.6. The Hall–Kier alpha value is -1.40. The second-order valence-electron chi connectivity index (χ2n) is 5.43. The number of hydrogen-bond donors (Lipinski definition) is 0. The number of hydrogen-bond acceptors (Lipinski definition) is 2. The first-order valence-corrected chi connectivity index (χ1v) is 5.99. The highest BCUT2D eigenvalue weighted by atomic mass is 35.5. The largest absolute Gasteiger partial charge is 0.298 e. The van der Waals surface area contributed by atoms with Gasteiger partial charge in [-0.25, -0.2) is 4.39 Å². The summed E-state index contributed by atoms with van der Waals surface area (Å²) in [6.45, 7) is 5.77. The van der Waals surface area contributed by atoms with E-state index in [1.807, 2.05) is 26.8 Å². The Balaban J connectivity index is 3.04. The average Bonchev–Trinajstić information content (AvgIpc) is 2.19. The zero-order chi connectivity index (χ0) is 13.9. The SMILES string of the molecule is CC(C)(C)CC(=O)C(C#N)c1ccc(F)cc1Cl. The molecule has 0 bridgehead atoms.